The van der Waals surface area contributed by atoms with Crippen LogP contribution in [0.15, 0.2) is 63.8 Å². The van der Waals surface area contributed by atoms with Crippen molar-refractivity contribution in [2.75, 3.05) is 31.1 Å². The third-order valence-electron chi connectivity index (χ3n) is 5.14. The van der Waals surface area contributed by atoms with Gasteiger partial charge >= 0.3 is 5.76 Å². The van der Waals surface area contributed by atoms with Crippen LogP contribution in [0.25, 0.3) is 17.1 Å². The molecule has 31 heavy (non-hydrogen) atoms. The van der Waals surface area contributed by atoms with Crippen molar-refractivity contribution in [1.29, 1.82) is 0 Å². The zero-order valence-corrected chi connectivity index (χ0v) is 16.5. The van der Waals surface area contributed by atoms with Crippen LogP contribution in [0, 0.1) is 5.82 Å². The number of halogens is 1. The molecule has 0 aliphatic carbocycles. The third kappa shape index (κ3) is 3.94. The van der Waals surface area contributed by atoms with Gasteiger partial charge in [-0.05, 0) is 46.8 Å². The van der Waals surface area contributed by atoms with Gasteiger partial charge < -0.3 is 9.32 Å². The van der Waals surface area contributed by atoms with Crippen molar-refractivity contribution in [2.24, 2.45) is 0 Å². The molecule has 0 N–H and O–H groups in total. The number of benzene rings is 2. The molecule has 1 saturated heterocycles. The van der Waals surface area contributed by atoms with Gasteiger partial charge in [0.2, 0.25) is 11.8 Å². The Hall–Kier alpha value is -3.86. The third-order valence-corrected chi connectivity index (χ3v) is 5.14. The minimum absolute atomic E-state index is 0.172. The van der Waals surface area contributed by atoms with Crippen molar-refractivity contribution in [1.82, 2.24) is 34.9 Å². The smallest absolute Gasteiger partial charge is 0.388 e. The van der Waals surface area contributed by atoms with Gasteiger partial charge in [-0.2, -0.15) is 9.36 Å². The molecular weight excluding hydrogens is 403 g/mol. The lowest BCUT2D eigenvalue weighted by atomic mass is 10.2. The summed E-state index contributed by atoms with van der Waals surface area (Å²) in [6.45, 7) is 3.11. The van der Waals surface area contributed by atoms with Crippen LogP contribution in [0.2, 0.25) is 0 Å². The average molecular weight is 422 g/mol. The number of nitrogens with zero attached hydrogens (tertiary/aromatic N) is 8. The van der Waals surface area contributed by atoms with Gasteiger partial charge in [0.25, 0.3) is 0 Å². The van der Waals surface area contributed by atoms with Crippen molar-refractivity contribution in [3.8, 4) is 17.1 Å². The highest BCUT2D eigenvalue weighted by atomic mass is 19.1. The molecule has 158 valence electrons. The number of hydrogen-bond donors (Lipinski definition) is 0. The summed E-state index contributed by atoms with van der Waals surface area (Å²) in [6, 6.07) is 15.4. The van der Waals surface area contributed by atoms with Crippen molar-refractivity contribution < 1.29 is 8.81 Å². The summed E-state index contributed by atoms with van der Waals surface area (Å²) < 4.78 is 21.3. The highest BCUT2D eigenvalue weighted by Crippen LogP contribution is 2.18. The van der Waals surface area contributed by atoms with E-state index in [1.54, 1.807) is 4.68 Å². The lowest BCUT2D eigenvalue weighted by molar-refractivity contribution is 0.188. The van der Waals surface area contributed by atoms with Crippen molar-refractivity contribution in [2.45, 2.75) is 6.67 Å². The molecule has 5 rings (SSSR count). The lowest BCUT2D eigenvalue weighted by Gasteiger charge is -2.34. The van der Waals surface area contributed by atoms with Gasteiger partial charge in [0.15, 0.2) is 0 Å². The first-order chi connectivity index (χ1) is 15.2. The molecule has 0 radical (unpaired) electrons. The van der Waals surface area contributed by atoms with Gasteiger partial charge in [-0.15, -0.1) is 5.10 Å². The quantitative estimate of drug-likeness (QED) is 0.476. The summed E-state index contributed by atoms with van der Waals surface area (Å²) in [4.78, 5) is 16.4. The number of rotatable bonds is 5. The fourth-order valence-electron chi connectivity index (χ4n) is 3.50. The summed E-state index contributed by atoms with van der Waals surface area (Å²) in [5.74, 6) is -0.0507. The highest BCUT2D eigenvalue weighted by molar-refractivity contribution is 5.51. The summed E-state index contributed by atoms with van der Waals surface area (Å²) in [7, 11) is 0. The Kier molecular flexibility index (Phi) is 5.00. The van der Waals surface area contributed by atoms with E-state index in [1.165, 1.54) is 28.9 Å². The molecule has 1 fully saturated rings. The molecule has 11 heteroatoms. The standard InChI is InChI=1S/C20H19FN8O2/c21-16-8-6-15(7-9-16)18-23-28(20(30)31-18)14-26-10-12-27(13-11-26)19-22-24-25-29(19)17-4-2-1-3-5-17/h1-9H,10-14H2. The zero-order chi connectivity index (χ0) is 21.2. The molecule has 1 aliphatic heterocycles. The van der Waals surface area contributed by atoms with E-state index in [9.17, 15) is 9.18 Å². The predicted octanol–water partition coefficient (Wildman–Crippen LogP) is 1.40. The summed E-state index contributed by atoms with van der Waals surface area (Å²) in [6.07, 6.45) is 0. The van der Waals surface area contributed by atoms with Gasteiger partial charge in [0.1, 0.15) is 12.5 Å². The zero-order valence-electron chi connectivity index (χ0n) is 16.5. The molecule has 0 unspecified atom stereocenters. The Morgan fingerprint density at radius 2 is 1.71 bits per heavy atom. The normalized spacial score (nSPS) is 14.8. The van der Waals surface area contributed by atoms with Gasteiger partial charge in [-0.1, -0.05) is 23.3 Å². The Bertz CT molecular complexity index is 1210. The van der Waals surface area contributed by atoms with Crippen LogP contribution in [-0.2, 0) is 6.67 Å². The summed E-state index contributed by atoms with van der Waals surface area (Å²) in [5, 5.41) is 16.4. The second kappa shape index (κ2) is 8.11. The van der Waals surface area contributed by atoms with Crippen LogP contribution in [0.5, 0.6) is 0 Å². The van der Waals surface area contributed by atoms with E-state index in [0.717, 1.165) is 5.69 Å². The van der Waals surface area contributed by atoms with E-state index in [1.807, 2.05) is 30.3 Å². The summed E-state index contributed by atoms with van der Waals surface area (Å²) >= 11 is 0. The fourth-order valence-corrected chi connectivity index (χ4v) is 3.50. The topological polar surface area (TPSA) is 98.1 Å². The maximum absolute atomic E-state index is 13.1. The number of anilines is 1. The van der Waals surface area contributed by atoms with Crippen LogP contribution in [0.3, 0.4) is 0 Å². The number of hydrogen-bond acceptors (Lipinski definition) is 8. The molecule has 4 aromatic rings. The van der Waals surface area contributed by atoms with Gasteiger partial charge in [0.05, 0.1) is 5.69 Å². The lowest BCUT2D eigenvalue weighted by Crippen LogP contribution is -2.48. The molecule has 2 aromatic carbocycles. The minimum atomic E-state index is -0.547. The van der Waals surface area contributed by atoms with Crippen LogP contribution in [-0.4, -0.2) is 61.1 Å². The largest absolute Gasteiger partial charge is 0.438 e. The molecule has 10 nitrogen and oxygen atoms in total. The number of aromatic nitrogens is 6. The molecule has 0 atom stereocenters. The number of tetrazole rings is 1. The first-order valence-corrected chi connectivity index (χ1v) is 9.82. The second-order valence-electron chi connectivity index (χ2n) is 7.15. The Labute approximate surface area is 176 Å². The molecule has 0 spiro atoms. The van der Waals surface area contributed by atoms with E-state index in [-0.39, 0.29) is 11.7 Å². The maximum atomic E-state index is 13.1. The molecule has 0 bridgehead atoms. The van der Waals surface area contributed by atoms with Crippen molar-refractivity contribution in [3.63, 3.8) is 0 Å². The molecule has 1 aliphatic rings. The van der Waals surface area contributed by atoms with E-state index in [0.29, 0.717) is 44.4 Å². The SMILES string of the molecule is O=c1oc(-c2ccc(F)cc2)nn1CN1CCN(c2nnnn2-c2ccccc2)CC1. The van der Waals surface area contributed by atoms with Gasteiger partial charge in [-0.3, -0.25) is 4.90 Å². The first-order valence-electron chi connectivity index (χ1n) is 9.82. The molecule has 0 saturated carbocycles. The van der Waals surface area contributed by atoms with Gasteiger partial charge in [0, 0.05) is 31.7 Å². The minimum Gasteiger partial charge on any atom is -0.388 e. The average Bonchev–Trinajstić information content (AvgIpc) is 3.43. The van der Waals surface area contributed by atoms with E-state index in [2.05, 4.69) is 30.4 Å². The maximum Gasteiger partial charge on any atom is 0.438 e. The molecule has 0 amide bonds. The Balaban J connectivity index is 1.25. The Morgan fingerprint density at radius 1 is 0.968 bits per heavy atom. The Morgan fingerprint density at radius 3 is 2.45 bits per heavy atom. The number of para-hydroxylation sites is 1. The van der Waals surface area contributed by atoms with E-state index >= 15 is 0 Å². The second-order valence-corrected chi connectivity index (χ2v) is 7.15. The summed E-state index contributed by atoms with van der Waals surface area (Å²) in [5.41, 5.74) is 1.45. The number of piperazine rings is 1. The monoisotopic (exact) mass is 422 g/mol. The van der Waals surface area contributed by atoms with Crippen molar-refractivity contribution >= 4 is 5.95 Å². The molecule has 3 heterocycles. The first kappa shape index (κ1) is 19.1. The van der Waals surface area contributed by atoms with Gasteiger partial charge in [-0.25, -0.2) is 9.18 Å². The van der Waals surface area contributed by atoms with Crippen LogP contribution in [0.1, 0.15) is 0 Å². The van der Waals surface area contributed by atoms with Crippen molar-refractivity contribution in [3.05, 3.63) is 71.0 Å². The predicted molar refractivity (Wildman–Crippen MR) is 109 cm³/mol. The molecule has 2 aromatic heterocycles. The van der Waals surface area contributed by atoms with E-state index in [4.69, 9.17) is 4.42 Å². The van der Waals surface area contributed by atoms with Crippen LogP contribution < -0.4 is 10.7 Å². The fraction of sp³-hybridized carbons (Fsp3) is 0.250. The molecular formula is C20H19FN8O2. The van der Waals surface area contributed by atoms with Crippen LogP contribution >= 0.6 is 0 Å². The van der Waals surface area contributed by atoms with Crippen LogP contribution in [0.4, 0.5) is 10.3 Å². The highest BCUT2D eigenvalue weighted by Gasteiger charge is 2.23. The van der Waals surface area contributed by atoms with E-state index < -0.39 is 5.76 Å².